The molecule has 1 saturated heterocycles. The Bertz CT molecular complexity index is 1170. The maximum Gasteiger partial charge on any atom is 0.330 e. The van der Waals surface area contributed by atoms with Gasteiger partial charge in [0.25, 0.3) is 5.56 Å². The SMILES string of the molecule is CC1=C(c2cn([C@H]3C[C@H](O)[C@@H](CO)O3)c(=O)[nH]c2=O)C(=O)c2ccccc2C1=O. The van der Waals surface area contributed by atoms with Crippen molar-refractivity contribution in [2.75, 3.05) is 6.61 Å². The fraction of sp³-hybridized carbons (Fsp3) is 0.300. The van der Waals surface area contributed by atoms with Crippen LogP contribution in [0.1, 0.15) is 45.9 Å². The Kier molecular flexibility index (Phi) is 4.65. The standard InChI is InChI=1S/C20H18N2O7/c1-9-16(18(26)11-5-3-2-4-10(11)17(9)25)12-7-22(20(28)21-19(12)27)15-6-13(24)14(8-23)29-15/h2-5,7,13-15,23-24H,6,8H2,1H3,(H,21,27,28)/t13-,14+,15+/m0/s1. The van der Waals surface area contributed by atoms with Crippen LogP contribution in [0.25, 0.3) is 5.57 Å². The van der Waals surface area contributed by atoms with Crippen molar-refractivity contribution in [1.82, 2.24) is 9.55 Å². The molecule has 0 spiro atoms. The van der Waals surface area contributed by atoms with Crippen molar-refractivity contribution in [2.45, 2.75) is 31.8 Å². The number of carbonyl (C=O) groups is 2. The Balaban J connectivity index is 1.85. The van der Waals surface area contributed by atoms with Gasteiger partial charge in [0.05, 0.1) is 18.3 Å². The van der Waals surface area contributed by atoms with Crippen LogP contribution in [-0.2, 0) is 4.74 Å². The molecule has 2 aromatic rings. The molecule has 0 radical (unpaired) electrons. The van der Waals surface area contributed by atoms with Gasteiger partial charge in [-0.1, -0.05) is 24.3 Å². The number of Topliss-reactive ketones (excluding diaryl/α,β-unsaturated/α-hetero) is 2. The largest absolute Gasteiger partial charge is 0.394 e. The van der Waals surface area contributed by atoms with E-state index in [0.29, 0.717) is 0 Å². The first-order valence-corrected chi connectivity index (χ1v) is 9.03. The molecular formula is C20H18N2O7. The number of H-pyrrole nitrogens is 1. The topological polar surface area (TPSA) is 139 Å². The van der Waals surface area contributed by atoms with Crippen LogP contribution in [-0.4, -0.2) is 50.1 Å². The van der Waals surface area contributed by atoms with Gasteiger partial charge < -0.3 is 14.9 Å². The number of ketones is 2. The Labute approximate surface area is 163 Å². The normalized spacial score (nSPS) is 24.2. The summed E-state index contributed by atoms with van der Waals surface area (Å²) in [6, 6.07) is 6.32. The molecule has 4 rings (SSSR count). The molecule has 1 aromatic carbocycles. The predicted molar refractivity (Wildman–Crippen MR) is 101 cm³/mol. The van der Waals surface area contributed by atoms with Gasteiger partial charge in [0.1, 0.15) is 12.3 Å². The zero-order valence-corrected chi connectivity index (χ0v) is 15.4. The number of hydrogen-bond donors (Lipinski definition) is 3. The van der Waals surface area contributed by atoms with Gasteiger partial charge in [-0.25, -0.2) is 4.79 Å². The molecule has 150 valence electrons. The van der Waals surface area contributed by atoms with Crippen molar-refractivity contribution in [1.29, 1.82) is 0 Å². The number of allylic oxidation sites excluding steroid dienone is 2. The lowest BCUT2D eigenvalue weighted by molar-refractivity contribution is -0.0459. The number of carbonyl (C=O) groups excluding carboxylic acids is 2. The van der Waals surface area contributed by atoms with Crippen LogP contribution in [0.5, 0.6) is 0 Å². The van der Waals surface area contributed by atoms with E-state index in [1.54, 1.807) is 18.2 Å². The van der Waals surface area contributed by atoms with E-state index in [1.165, 1.54) is 13.0 Å². The molecule has 1 aromatic heterocycles. The molecule has 0 saturated carbocycles. The molecule has 1 aliphatic carbocycles. The highest BCUT2D eigenvalue weighted by Gasteiger charge is 2.36. The molecule has 9 nitrogen and oxygen atoms in total. The quantitative estimate of drug-likeness (QED) is 0.663. The minimum absolute atomic E-state index is 0.0182. The molecular weight excluding hydrogens is 380 g/mol. The van der Waals surface area contributed by atoms with E-state index in [0.717, 1.165) is 10.8 Å². The maximum absolute atomic E-state index is 13.0. The third-order valence-corrected chi connectivity index (χ3v) is 5.29. The van der Waals surface area contributed by atoms with E-state index in [9.17, 15) is 29.4 Å². The lowest BCUT2D eigenvalue weighted by Crippen LogP contribution is -2.35. The molecule has 0 amide bonds. The monoisotopic (exact) mass is 398 g/mol. The average Bonchev–Trinajstić information content (AvgIpc) is 3.08. The maximum atomic E-state index is 13.0. The summed E-state index contributed by atoms with van der Waals surface area (Å²) >= 11 is 0. The van der Waals surface area contributed by atoms with E-state index in [-0.39, 0.29) is 40.0 Å². The van der Waals surface area contributed by atoms with E-state index < -0.39 is 42.1 Å². The second-order valence-electron chi connectivity index (χ2n) is 7.03. The van der Waals surface area contributed by atoms with Crippen molar-refractivity contribution >= 4 is 17.1 Å². The predicted octanol–water partition coefficient (Wildman–Crippen LogP) is 0.0300. The minimum atomic E-state index is -0.988. The van der Waals surface area contributed by atoms with E-state index >= 15 is 0 Å². The molecule has 3 atom stereocenters. The molecule has 0 bridgehead atoms. The van der Waals surface area contributed by atoms with E-state index in [1.807, 2.05) is 0 Å². The zero-order valence-electron chi connectivity index (χ0n) is 15.4. The van der Waals surface area contributed by atoms with Crippen LogP contribution in [0.15, 0.2) is 45.6 Å². The van der Waals surface area contributed by atoms with Crippen LogP contribution in [0.2, 0.25) is 0 Å². The van der Waals surface area contributed by atoms with Gasteiger partial charge in [-0.15, -0.1) is 0 Å². The van der Waals surface area contributed by atoms with Crippen LogP contribution in [0.3, 0.4) is 0 Å². The fourth-order valence-electron chi connectivity index (χ4n) is 3.75. The van der Waals surface area contributed by atoms with Gasteiger partial charge in [-0.2, -0.15) is 0 Å². The number of rotatable bonds is 3. The number of aromatic nitrogens is 2. The molecule has 9 heteroatoms. The number of benzene rings is 1. The van der Waals surface area contributed by atoms with Crippen molar-refractivity contribution in [3.63, 3.8) is 0 Å². The number of ether oxygens (including phenoxy) is 1. The van der Waals surface area contributed by atoms with Gasteiger partial charge in [0.15, 0.2) is 11.6 Å². The van der Waals surface area contributed by atoms with Gasteiger partial charge in [-0.3, -0.25) is 23.9 Å². The number of nitrogens with one attached hydrogen (secondary N) is 1. The molecule has 1 fully saturated rings. The van der Waals surface area contributed by atoms with Crippen molar-refractivity contribution in [3.8, 4) is 0 Å². The van der Waals surface area contributed by atoms with Gasteiger partial charge >= 0.3 is 5.69 Å². The Morgan fingerprint density at radius 3 is 2.38 bits per heavy atom. The Hall–Kier alpha value is -3.14. The number of hydrogen-bond acceptors (Lipinski definition) is 7. The molecule has 2 aliphatic rings. The molecule has 3 N–H and O–H groups in total. The van der Waals surface area contributed by atoms with Crippen molar-refractivity contribution in [3.05, 3.63) is 73.6 Å². The second kappa shape index (κ2) is 7.03. The number of aliphatic hydroxyl groups is 2. The number of aromatic amines is 1. The minimum Gasteiger partial charge on any atom is -0.394 e. The van der Waals surface area contributed by atoms with Crippen molar-refractivity contribution < 1.29 is 24.5 Å². The van der Waals surface area contributed by atoms with Crippen molar-refractivity contribution in [2.24, 2.45) is 0 Å². The molecule has 0 unspecified atom stereocenters. The van der Waals surface area contributed by atoms with Gasteiger partial charge in [0.2, 0.25) is 0 Å². The summed E-state index contributed by atoms with van der Waals surface area (Å²) < 4.78 is 6.53. The fourth-order valence-corrected chi connectivity index (χ4v) is 3.75. The summed E-state index contributed by atoms with van der Waals surface area (Å²) in [5.41, 5.74) is -1.27. The highest BCUT2D eigenvalue weighted by atomic mass is 16.5. The number of fused-ring (bicyclic) bond motifs is 1. The number of aliphatic hydroxyl groups excluding tert-OH is 2. The first kappa shape index (κ1) is 19.2. The summed E-state index contributed by atoms with van der Waals surface area (Å²) in [6.07, 6.45) is -1.61. The number of nitrogens with zero attached hydrogens (tertiary/aromatic N) is 1. The third kappa shape index (κ3) is 3.00. The van der Waals surface area contributed by atoms with E-state index in [2.05, 4.69) is 4.98 Å². The highest BCUT2D eigenvalue weighted by Crippen LogP contribution is 2.32. The van der Waals surface area contributed by atoms with E-state index in [4.69, 9.17) is 4.74 Å². The smallest absolute Gasteiger partial charge is 0.330 e. The average molecular weight is 398 g/mol. The van der Waals surface area contributed by atoms with Crippen LogP contribution < -0.4 is 11.2 Å². The summed E-state index contributed by atoms with van der Waals surface area (Å²) in [7, 11) is 0. The molecule has 2 heterocycles. The van der Waals surface area contributed by atoms with Crippen LogP contribution in [0.4, 0.5) is 0 Å². The molecule has 1 aliphatic heterocycles. The molecule has 29 heavy (non-hydrogen) atoms. The first-order chi connectivity index (χ1) is 13.8. The Morgan fingerprint density at radius 1 is 1.10 bits per heavy atom. The third-order valence-electron chi connectivity index (χ3n) is 5.29. The second-order valence-corrected chi connectivity index (χ2v) is 7.03. The first-order valence-electron chi connectivity index (χ1n) is 9.03. The summed E-state index contributed by atoms with van der Waals surface area (Å²) in [5, 5.41) is 19.2. The van der Waals surface area contributed by atoms with Gasteiger partial charge in [0, 0.05) is 34.9 Å². The highest BCUT2D eigenvalue weighted by molar-refractivity contribution is 6.40. The van der Waals surface area contributed by atoms with Crippen LogP contribution in [0, 0.1) is 0 Å². The lowest BCUT2D eigenvalue weighted by atomic mass is 9.82. The Morgan fingerprint density at radius 2 is 1.76 bits per heavy atom. The lowest BCUT2D eigenvalue weighted by Gasteiger charge is -2.20. The van der Waals surface area contributed by atoms with Gasteiger partial charge in [-0.05, 0) is 6.92 Å². The summed E-state index contributed by atoms with van der Waals surface area (Å²) in [6.45, 7) is 1.02. The summed E-state index contributed by atoms with van der Waals surface area (Å²) in [5.74, 6) is -0.866. The van der Waals surface area contributed by atoms with Crippen LogP contribution >= 0.6 is 0 Å². The summed E-state index contributed by atoms with van der Waals surface area (Å²) in [4.78, 5) is 52.7. The zero-order chi connectivity index (χ0) is 20.9.